The van der Waals surface area contributed by atoms with Gasteiger partial charge < -0.3 is 4.90 Å². The number of aliphatic imine (C=N–C) groups is 1. The van der Waals surface area contributed by atoms with Gasteiger partial charge in [0.05, 0.1) is 11.9 Å². The number of hydrogen-bond acceptors (Lipinski definition) is 1. The Morgan fingerprint density at radius 2 is 1.84 bits per heavy atom. The largest absolute Gasteiger partial charge is 0.416 e. The van der Waals surface area contributed by atoms with Gasteiger partial charge in [-0.05, 0) is 37.1 Å². The summed E-state index contributed by atoms with van der Waals surface area (Å²) in [6.07, 6.45) is -3.21. The molecule has 1 amide bonds. The molecule has 0 atom stereocenters. The van der Waals surface area contributed by atoms with Crippen molar-refractivity contribution in [3.05, 3.63) is 34.4 Å². The lowest BCUT2D eigenvalue weighted by atomic mass is 9.98. The maximum absolute atomic E-state index is 12.8. The molecule has 0 saturated heterocycles. The van der Waals surface area contributed by atoms with Crippen LogP contribution in [0.15, 0.2) is 17.1 Å². The number of hydrogen-bond donors (Lipinski definition) is 0. The Hall–Kier alpha value is -1.85. The molecule has 0 aromatic heterocycles. The van der Waals surface area contributed by atoms with Crippen molar-refractivity contribution in [3.63, 3.8) is 0 Å². The van der Waals surface area contributed by atoms with Crippen LogP contribution in [-0.4, -0.2) is 31.2 Å². The van der Waals surface area contributed by atoms with Gasteiger partial charge in [-0.25, -0.2) is 0 Å². The van der Waals surface area contributed by atoms with E-state index in [0.717, 1.165) is 6.07 Å². The quantitative estimate of drug-likeness (QED) is 0.612. The molecule has 1 aromatic carbocycles. The average molecular weight is 272 g/mol. The Kier molecular flexibility index (Phi) is 4.34. The molecule has 6 heteroatoms. The van der Waals surface area contributed by atoms with Crippen molar-refractivity contribution < 1.29 is 18.0 Å². The summed E-state index contributed by atoms with van der Waals surface area (Å²) in [4.78, 5) is 17.0. The summed E-state index contributed by atoms with van der Waals surface area (Å²) in [5, 5.41) is 0. The van der Waals surface area contributed by atoms with Crippen LogP contribution in [0.25, 0.3) is 0 Å². The Labute approximate surface area is 109 Å². The summed E-state index contributed by atoms with van der Waals surface area (Å²) < 4.78 is 38.5. The standard InChI is InChI=1S/C13H15F3N2O/c1-8-5-10(12(19)17-7-18(3)4)9(2)11(6-8)13(14,15)16/h5-7H,1-4H3. The number of benzene rings is 1. The molecule has 104 valence electrons. The van der Waals surface area contributed by atoms with Gasteiger partial charge >= 0.3 is 6.18 Å². The number of aryl methyl sites for hydroxylation is 1. The van der Waals surface area contributed by atoms with E-state index >= 15 is 0 Å². The van der Waals surface area contributed by atoms with Gasteiger partial charge in [-0.3, -0.25) is 4.79 Å². The molecule has 3 nitrogen and oxygen atoms in total. The normalized spacial score (nSPS) is 11.9. The predicted octanol–water partition coefficient (Wildman–Crippen LogP) is 3.05. The SMILES string of the molecule is Cc1cc(C(=O)N=CN(C)C)c(C)c(C(F)(F)F)c1. The lowest BCUT2D eigenvalue weighted by Crippen LogP contribution is -2.13. The third-order valence-corrected chi connectivity index (χ3v) is 2.49. The first kappa shape index (κ1) is 15.2. The van der Waals surface area contributed by atoms with Gasteiger partial charge in [-0.1, -0.05) is 0 Å². The molecule has 0 radical (unpaired) electrons. The van der Waals surface area contributed by atoms with Crippen molar-refractivity contribution >= 4 is 12.2 Å². The fourth-order valence-electron chi connectivity index (χ4n) is 1.61. The van der Waals surface area contributed by atoms with Gasteiger partial charge in [0.2, 0.25) is 0 Å². The van der Waals surface area contributed by atoms with Crippen LogP contribution in [0.4, 0.5) is 13.2 Å². The highest BCUT2D eigenvalue weighted by Crippen LogP contribution is 2.34. The van der Waals surface area contributed by atoms with Gasteiger partial charge in [0.15, 0.2) is 0 Å². The van der Waals surface area contributed by atoms with E-state index in [1.54, 1.807) is 14.1 Å². The first-order valence-electron chi connectivity index (χ1n) is 5.56. The summed E-state index contributed by atoms with van der Waals surface area (Å²) >= 11 is 0. The van der Waals surface area contributed by atoms with Crippen molar-refractivity contribution in [2.24, 2.45) is 4.99 Å². The van der Waals surface area contributed by atoms with Gasteiger partial charge in [0.25, 0.3) is 5.91 Å². The van der Waals surface area contributed by atoms with Crippen LogP contribution in [0.5, 0.6) is 0 Å². The van der Waals surface area contributed by atoms with Crippen molar-refractivity contribution in [1.82, 2.24) is 4.90 Å². The maximum Gasteiger partial charge on any atom is 0.416 e. The van der Waals surface area contributed by atoms with E-state index in [-0.39, 0.29) is 11.1 Å². The van der Waals surface area contributed by atoms with Crippen LogP contribution in [0.1, 0.15) is 27.0 Å². The molecular formula is C13H15F3N2O. The average Bonchev–Trinajstić information content (AvgIpc) is 2.27. The number of alkyl halides is 3. The number of carbonyl (C=O) groups is 1. The summed E-state index contributed by atoms with van der Waals surface area (Å²) in [6.45, 7) is 2.79. The van der Waals surface area contributed by atoms with Crippen LogP contribution >= 0.6 is 0 Å². The molecule has 0 aliphatic carbocycles. The molecule has 19 heavy (non-hydrogen) atoms. The first-order chi connectivity index (χ1) is 8.62. The van der Waals surface area contributed by atoms with Gasteiger partial charge in [-0.2, -0.15) is 18.2 Å². The summed E-state index contributed by atoms with van der Waals surface area (Å²) in [7, 11) is 3.34. The molecule has 0 N–H and O–H groups in total. The number of nitrogens with zero attached hydrogens (tertiary/aromatic N) is 2. The van der Waals surface area contributed by atoms with Crippen LogP contribution in [0.2, 0.25) is 0 Å². The van der Waals surface area contributed by atoms with Crippen molar-refractivity contribution in [2.75, 3.05) is 14.1 Å². The monoisotopic (exact) mass is 272 g/mol. The third kappa shape index (κ3) is 3.81. The number of carbonyl (C=O) groups excluding carboxylic acids is 1. The molecule has 0 aliphatic heterocycles. The second-order valence-electron chi connectivity index (χ2n) is 4.50. The summed E-state index contributed by atoms with van der Waals surface area (Å²) in [5.74, 6) is -0.680. The highest BCUT2D eigenvalue weighted by molar-refractivity contribution is 6.00. The molecule has 0 heterocycles. The molecular weight excluding hydrogens is 257 g/mol. The Bertz CT molecular complexity index is 519. The molecule has 0 saturated carbocycles. The van der Waals surface area contributed by atoms with E-state index < -0.39 is 17.6 Å². The van der Waals surface area contributed by atoms with E-state index in [4.69, 9.17) is 0 Å². The number of amides is 1. The fourth-order valence-corrected chi connectivity index (χ4v) is 1.61. The molecule has 1 aromatic rings. The van der Waals surface area contributed by atoms with E-state index in [1.165, 1.54) is 31.2 Å². The van der Waals surface area contributed by atoms with E-state index in [2.05, 4.69) is 4.99 Å². The molecule has 0 aliphatic rings. The van der Waals surface area contributed by atoms with E-state index in [1.807, 2.05) is 0 Å². The zero-order valence-electron chi connectivity index (χ0n) is 11.2. The minimum absolute atomic E-state index is 0.0228. The number of rotatable bonds is 2. The minimum Gasteiger partial charge on any atom is -0.369 e. The van der Waals surface area contributed by atoms with E-state index in [9.17, 15) is 18.0 Å². The summed E-state index contributed by atoms with van der Waals surface area (Å²) in [6, 6.07) is 2.45. The highest BCUT2D eigenvalue weighted by Gasteiger charge is 2.34. The molecule has 0 fully saturated rings. The zero-order valence-corrected chi connectivity index (χ0v) is 11.2. The van der Waals surface area contributed by atoms with Crippen LogP contribution in [-0.2, 0) is 6.18 Å². The molecule has 0 unspecified atom stereocenters. The van der Waals surface area contributed by atoms with Crippen molar-refractivity contribution in [3.8, 4) is 0 Å². The smallest absolute Gasteiger partial charge is 0.369 e. The topological polar surface area (TPSA) is 32.7 Å². The predicted molar refractivity (Wildman–Crippen MR) is 67.4 cm³/mol. The van der Waals surface area contributed by atoms with Gasteiger partial charge in [0, 0.05) is 19.7 Å². The van der Waals surface area contributed by atoms with E-state index in [0.29, 0.717) is 5.56 Å². The Morgan fingerprint density at radius 3 is 2.32 bits per heavy atom. The Balaban J connectivity index is 3.30. The maximum atomic E-state index is 12.8. The van der Waals surface area contributed by atoms with Crippen molar-refractivity contribution in [1.29, 1.82) is 0 Å². The lowest BCUT2D eigenvalue weighted by Gasteiger charge is -2.14. The summed E-state index contributed by atoms with van der Waals surface area (Å²) in [5.41, 5.74) is -0.540. The Morgan fingerprint density at radius 1 is 1.26 bits per heavy atom. The highest BCUT2D eigenvalue weighted by atomic mass is 19.4. The second-order valence-corrected chi connectivity index (χ2v) is 4.50. The van der Waals surface area contributed by atoms with Crippen molar-refractivity contribution in [2.45, 2.75) is 20.0 Å². The van der Waals surface area contributed by atoms with Gasteiger partial charge in [0.1, 0.15) is 0 Å². The van der Waals surface area contributed by atoms with Gasteiger partial charge in [-0.15, -0.1) is 0 Å². The zero-order chi connectivity index (χ0) is 14.8. The second kappa shape index (κ2) is 5.42. The number of halogens is 3. The first-order valence-corrected chi connectivity index (χ1v) is 5.56. The molecule has 1 rings (SSSR count). The van der Waals surface area contributed by atoms with Crippen LogP contribution < -0.4 is 0 Å². The molecule has 0 bridgehead atoms. The third-order valence-electron chi connectivity index (χ3n) is 2.49. The molecule has 0 spiro atoms. The van der Waals surface area contributed by atoms with Crippen LogP contribution in [0.3, 0.4) is 0 Å². The minimum atomic E-state index is -4.48. The van der Waals surface area contributed by atoms with Crippen LogP contribution in [0, 0.1) is 13.8 Å². The lowest BCUT2D eigenvalue weighted by molar-refractivity contribution is -0.138. The fraction of sp³-hybridized carbons (Fsp3) is 0.385.